The monoisotopic (exact) mass is 518 g/mol. The van der Waals surface area contributed by atoms with Crippen molar-refractivity contribution in [2.45, 2.75) is 57.5 Å². The van der Waals surface area contributed by atoms with Gasteiger partial charge in [-0.25, -0.2) is 0 Å². The maximum atomic E-state index is 13.7. The van der Waals surface area contributed by atoms with Gasteiger partial charge in [0.1, 0.15) is 17.4 Å². The predicted octanol–water partition coefficient (Wildman–Crippen LogP) is 4.46. The third-order valence-corrected chi connectivity index (χ3v) is 7.20. The Balaban J connectivity index is 1.51. The first-order valence-electron chi connectivity index (χ1n) is 11.8. The van der Waals surface area contributed by atoms with Crippen LogP contribution in [0, 0.1) is 5.92 Å². The van der Waals surface area contributed by atoms with Crippen LogP contribution in [0.5, 0.6) is 11.5 Å². The van der Waals surface area contributed by atoms with E-state index in [1.165, 1.54) is 20.3 Å². The zero-order valence-corrected chi connectivity index (χ0v) is 21.2. The lowest BCUT2D eigenvalue weighted by Gasteiger charge is -2.36. The number of benzene rings is 1. The van der Waals surface area contributed by atoms with E-state index >= 15 is 0 Å². The lowest BCUT2D eigenvalue weighted by atomic mass is 9.75. The number of carbonyl (C=O) groups is 2. The van der Waals surface area contributed by atoms with E-state index in [9.17, 15) is 9.59 Å². The Hall–Kier alpha value is -2.95. The molecule has 36 heavy (non-hydrogen) atoms. The molecular formula is C25H27ClN2O8. The van der Waals surface area contributed by atoms with E-state index in [0.717, 1.165) is 19.3 Å². The second kappa shape index (κ2) is 9.49. The van der Waals surface area contributed by atoms with Crippen molar-refractivity contribution in [3.63, 3.8) is 0 Å². The standard InChI is InChI=1S/C25H27ClN2O8/c1-12-9-14(29)10-17(32-4)25(12)22(30)19-16(31-3)11-15(20(26)21(19)36-25)24-28-27-23(35-24)13(2)34-18-7-5-6-8-33-18/h10-13,18H,5-9H2,1-4H3/t12-,13?,18?,25+/m1/s1. The molecular weight excluding hydrogens is 492 g/mol. The average molecular weight is 519 g/mol. The summed E-state index contributed by atoms with van der Waals surface area (Å²) in [4.78, 5) is 25.9. The lowest BCUT2D eigenvalue weighted by molar-refractivity contribution is -0.190. The Labute approximate surface area is 212 Å². The van der Waals surface area contributed by atoms with E-state index in [-0.39, 0.29) is 58.1 Å². The molecule has 3 heterocycles. The molecule has 0 N–H and O–H groups in total. The highest BCUT2D eigenvalue weighted by atomic mass is 35.5. The van der Waals surface area contributed by atoms with Crippen LogP contribution in [0.2, 0.25) is 5.02 Å². The van der Waals surface area contributed by atoms with Gasteiger partial charge >= 0.3 is 0 Å². The van der Waals surface area contributed by atoms with Gasteiger partial charge in [0, 0.05) is 25.0 Å². The minimum atomic E-state index is -1.52. The molecule has 1 fully saturated rings. The van der Waals surface area contributed by atoms with Crippen molar-refractivity contribution < 1.29 is 37.7 Å². The van der Waals surface area contributed by atoms with E-state index in [4.69, 9.17) is 39.7 Å². The number of Topliss-reactive ketones (excluding diaryl/α,β-unsaturated/α-hetero) is 1. The minimum absolute atomic E-state index is 0.106. The number of halogens is 1. The SMILES string of the molecule is COC1=CC(=O)C[C@@H](C)[C@]12Oc1c(Cl)c(-c3nnc(C(C)OC4CCCCO4)o3)cc(OC)c1C2=O. The van der Waals surface area contributed by atoms with Crippen molar-refractivity contribution in [3.8, 4) is 23.0 Å². The van der Waals surface area contributed by atoms with Gasteiger partial charge in [-0.2, -0.15) is 0 Å². The van der Waals surface area contributed by atoms with E-state index in [1.807, 2.05) is 0 Å². The summed E-state index contributed by atoms with van der Waals surface area (Å²) in [6.07, 6.45) is 3.44. The molecule has 5 rings (SSSR count). The van der Waals surface area contributed by atoms with Crippen molar-refractivity contribution in [3.05, 3.63) is 34.4 Å². The van der Waals surface area contributed by atoms with Crippen molar-refractivity contribution >= 4 is 23.2 Å². The fourth-order valence-electron chi connectivity index (χ4n) is 4.94. The fourth-order valence-corrected chi connectivity index (χ4v) is 5.21. The molecule has 1 saturated heterocycles. The molecule has 0 radical (unpaired) electrons. The Morgan fingerprint density at radius 3 is 2.69 bits per heavy atom. The number of ketones is 2. The number of rotatable bonds is 6. The molecule has 4 atom stereocenters. The third-order valence-electron chi connectivity index (χ3n) is 6.82. The zero-order valence-electron chi connectivity index (χ0n) is 20.5. The third kappa shape index (κ3) is 3.88. The highest BCUT2D eigenvalue weighted by Gasteiger charge is 2.60. The summed E-state index contributed by atoms with van der Waals surface area (Å²) in [5.74, 6) is -0.201. The minimum Gasteiger partial charge on any atom is -0.496 e. The topological polar surface area (TPSA) is 119 Å². The van der Waals surface area contributed by atoms with Crippen LogP contribution in [0.1, 0.15) is 61.9 Å². The Kier molecular flexibility index (Phi) is 6.52. The molecule has 192 valence electrons. The van der Waals surface area contributed by atoms with Crippen LogP contribution in [0.4, 0.5) is 0 Å². The Morgan fingerprint density at radius 2 is 2.00 bits per heavy atom. The summed E-state index contributed by atoms with van der Waals surface area (Å²) in [6, 6.07) is 1.56. The molecule has 1 aromatic heterocycles. The highest BCUT2D eigenvalue weighted by molar-refractivity contribution is 6.36. The summed E-state index contributed by atoms with van der Waals surface area (Å²) in [6.45, 7) is 4.22. The Morgan fingerprint density at radius 1 is 1.19 bits per heavy atom. The quantitative estimate of drug-likeness (QED) is 0.542. The molecule has 2 aromatic rings. The number of allylic oxidation sites excluding steroid dienone is 1. The van der Waals surface area contributed by atoms with Crippen molar-refractivity contribution in [1.82, 2.24) is 10.2 Å². The van der Waals surface area contributed by atoms with Crippen molar-refractivity contribution in [2.75, 3.05) is 20.8 Å². The van der Waals surface area contributed by atoms with Gasteiger partial charge in [-0.15, -0.1) is 10.2 Å². The molecule has 1 spiro atoms. The molecule has 0 amide bonds. The van der Waals surface area contributed by atoms with Gasteiger partial charge < -0.3 is 28.1 Å². The smallest absolute Gasteiger partial charge is 0.249 e. The van der Waals surface area contributed by atoms with E-state index in [0.29, 0.717) is 12.2 Å². The van der Waals surface area contributed by atoms with Crippen LogP contribution in [-0.2, 0) is 19.0 Å². The second-order valence-corrected chi connectivity index (χ2v) is 9.49. The van der Waals surface area contributed by atoms with Gasteiger partial charge in [-0.05, 0) is 32.3 Å². The molecule has 2 aliphatic heterocycles. The summed E-state index contributed by atoms with van der Waals surface area (Å²) in [7, 11) is 2.83. The molecule has 0 saturated carbocycles. The number of nitrogens with zero attached hydrogens (tertiary/aromatic N) is 2. The van der Waals surface area contributed by atoms with Gasteiger partial charge in [0.15, 0.2) is 23.6 Å². The van der Waals surface area contributed by atoms with Crippen LogP contribution in [0.25, 0.3) is 11.5 Å². The van der Waals surface area contributed by atoms with Crippen LogP contribution in [0.3, 0.4) is 0 Å². The number of aromatic nitrogens is 2. The molecule has 0 bridgehead atoms. The van der Waals surface area contributed by atoms with Gasteiger partial charge in [-0.3, -0.25) is 9.59 Å². The molecule has 11 heteroatoms. The van der Waals surface area contributed by atoms with Crippen molar-refractivity contribution in [1.29, 1.82) is 0 Å². The summed E-state index contributed by atoms with van der Waals surface area (Å²) in [5.41, 5.74) is -1.02. The Bertz CT molecular complexity index is 1230. The maximum Gasteiger partial charge on any atom is 0.249 e. The molecule has 3 aliphatic rings. The number of fused-ring (bicyclic) bond motifs is 1. The van der Waals surface area contributed by atoms with E-state index in [2.05, 4.69) is 10.2 Å². The number of methoxy groups -OCH3 is 2. The van der Waals surface area contributed by atoms with E-state index < -0.39 is 23.4 Å². The molecule has 1 aliphatic carbocycles. The largest absolute Gasteiger partial charge is 0.496 e. The molecule has 10 nitrogen and oxygen atoms in total. The average Bonchev–Trinajstić information content (AvgIpc) is 3.47. The summed E-state index contributed by atoms with van der Waals surface area (Å²) >= 11 is 6.76. The maximum absolute atomic E-state index is 13.7. The lowest BCUT2D eigenvalue weighted by Crippen LogP contribution is -2.51. The number of carbonyl (C=O) groups excluding carboxylic acids is 2. The first kappa shape index (κ1) is 24.7. The normalized spacial score (nSPS) is 26.4. The van der Waals surface area contributed by atoms with Crippen LogP contribution >= 0.6 is 11.6 Å². The molecule has 1 aromatic carbocycles. The van der Waals surface area contributed by atoms with Crippen molar-refractivity contribution in [2.24, 2.45) is 5.92 Å². The zero-order chi connectivity index (χ0) is 25.6. The highest BCUT2D eigenvalue weighted by Crippen LogP contribution is 2.54. The number of hydrogen-bond acceptors (Lipinski definition) is 10. The summed E-state index contributed by atoms with van der Waals surface area (Å²) in [5, 5.41) is 8.37. The molecule has 2 unspecified atom stereocenters. The van der Waals surface area contributed by atoms with Gasteiger partial charge in [-0.1, -0.05) is 18.5 Å². The van der Waals surface area contributed by atoms with Gasteiger partial charge in [0.2, 0.25) is 23.2 Å². The number of ether oxygens (including phenoxy) is 5. The van der Waals surface area contributed by atoms with Crippen LogP contribution < -0.4 is 9.47 Å². The van der Waals surface area contributed by atoms with Gasteiger partial charge in [0.25, 0.3) is 0 Å². The van der Waals surface area contributed by atoms with E-state index in [1.54, 1.807) is 19.9 Å². The van der Waals surface area contributed by atoms with Crippen LogP contribution in [0.15, 0.2) is 22.3 Å². The summed E-state index contributed by atoms with van der Waals surface area (Å²) < 4.78 is 34.7. The van der Waals surface area contributed by atoms with Gasteiger partial charge in [0.05, 0.1) is 24.8 Å². The number of hydrogen-bond donors (Lipinski definition) is 0. The van der Waals surface area contributed by atoms with Crippen LogP contribution in [-0.4, -0.2) is 54.5 Å². The first-order valence-corrected chi connectivity index (χ1v) is 12.2. The first-order chi connectivity index (χ1) is 17.3. The fraction of sp³-hybridized carbons (Fsp3) is 0.520. The second-order valence-electron chi connectivity index (χ2n) is 9.12. The predicted molar refractivity (Wildman–Crippen MR) is 126 cm³/mol.